The molecule has 1 aromatic rings. The maximum Gasteiger partial charge on any atom is 0.0195 e. The lowest BCUT2D eigenvalue weighted by Gasteiger charge is -2.44. The van der Waals surface area contributed by atoms with Gasteiger partial charge in [0.05, 0.1) is 0 Å². The molecular weight excluding hydrogens is 294 g/mol. The van der Waals surface area contributed by atoms with Crippen molar-refractivity contribution in [2.24, 2.45) is 5.41 Å². The van der Waals surface area contributed by atoms with E-state index in [-0.39, 0.29) is 0 Å². The van der Waals surface area contributed by atoms with E-state index in [2.05, 4.69) is 66.3 Å². The highest BCUT2D eigenvalue weighted by Crippen LogP contribution is 2.48. The summed E-state index contributed by atoms with van der Waals surface area (Å²) in [6, 6.07) is 13.1. The van der Waals surface area contributed by atoms with Crippen LogP contribution in [0.1, 0.15) is 44.6 Å². The van der Waals surface area contributed by atoms with Gasteiger partial charge in [-0.05, 0) is 51.1 Å². The molecule has 0 spiro atoms. The average molecular weight is 328 g/mol. The van der Waals surface area contributed by atoms with E-state index in [4.69, 9.17) is 0 Å². The van der Waals surface area contributed by atoms with Crippen LogP contribution in [0, 0.1) is 5.41 Å². The van der Waals surface area contributed by atoms with Crippen LogP contribution in [0.2, 0.25) is 0 Å². The number of rotatable bonds is 6. The van der Waals surface area contributed by atoms with Crippen molar-refractivity contribution in [3.05, 3.63) is 35.9 Å². The van der Waals surface area contributed by atoms with E-state index in [1.807, 2.05) is 0 Å². The Bertz CT molecular complexity index is 553. The molecule has 132 valence electrons. The van der Waals surface area contributed by atoms with Gasteiger partial charge in [0.15, 0.2) is 0 Å². The van der Waals surface area contributed by atoms with Gasteiger partial charge in [-0.1, -0.05) is 30.3 Å². The molecule has 2 saturated carbocycles. The average Bonchev–Trinajstić information content (AvgIpc) is 3.48. The van der Waals surface area contributed by atoms with E-state index < -0.39 is 0 Å². The van der Waals surface area contributed by atoms with Crippen molar-refractivity contribution in [3.63, 3.8) is 0 Å². The van der Waals surface area contributed by atoms with Gasteiger partial charge in [-0.15, -0.1) is 0 Å². The molecule has 1 saturated heterocycles. The fraction of sp³-hybridized carbons (Fsp3) is 0.714. The van der Waals surface area contributed by atoms with Gasteiger partial charge in [0.2, 0.25) is 0 Å². The van der Waals surface area contributed by atoms with Crippen molar-refractivity contribution in [2.45, 2.75) is 57.2 Å². The maximum atomic E-state index is 3.90. The summed E-state index contributed by atoms with van der Waals surface area (Å²) in [5.41, 5.74) is 2.08. The summed E-state index contributed by atoms with van der Waals surface area (Å²) in [6.45, 7) is 9.72. The lowest BCUT2D eigenvalue weighted by atomic mass is 10.0. The van der Waals surface area contributed by atoms with Crippen molar-refractivity contribution in [2.75, 3.05) is 33.2 Å². The van der Waals surface area contributed by atoms with Crippen molar-refractivity contribution in [1.29, 1.82) is 0 Å². The van der Waals surface area contributed by atoms with Crippen molar-refractivity contribution in [1.82, 2.24) is 15.1 Å². The van der Waals surface area contributed by atoms with E-state index in [0.29, 0.717) is 23.5 Å². The minimum Gasteiger partial charge on any atom is -0.313 e. The first-order valence-electron chi connectivity index (χ1n) is 9.79. The molecule has 24 heavy (non-hydrogen) atoms. The monoisotopic (exact) mass is 327 g/mol. The second-order valence-corrected chi connectivity index (χ2v) is 8.81. The second-order valence-electron chi connectivity index (χ2n) is 8.81. The molecule has 0 radical (unpaired) electrons. The topological polar surface area (TPSA) is 18.5 Å². The van der Waals surface area contributed by atoms with Crippen LogP contribution in [0.3, 0.4) is 0 Å². The molecule has 4 rings (SSSR count). The van der Waals surface area contributed by atoms with Gasteiger partial charge in [0.25, 0.3) is 0 Å². The summed E-state index contributed by atoms with van der Waals surface area (Å²) >= 11 is 0. The predicted octanol–water partition coefficient (Wildman–Crippen LogP) is 2.94. The molecule has 0 aromatic heterocycles. The normalized spacial score (nSPS) is 35.8. The minimum atomic E-state index is 0.563. The fourth-order valence-electron chi connectivity index (χ4n) is 4.43. The molecule has 1 N–H and O–H groups in total. The first-order chi connectivity index (χ1) is 11.6. The Hall–Kier alpha value is -0.900. The van der Waals surface area contributed by atoms with E-state index in [1.165, 1.54) is 51.0 Å². The van der Waals surface area contributed by atoms with E-state index in [9.17, 15) is 0 Å². The van der Waals surface area contributed by atoms with Crippen molar-refractivity contribution in [3.8, 4) is 0 Å². The number of hydrogen-bond acceptors (Lipinski definition) is 3. The van der Waals surface area contributed by atoms with Crippen LogP contribution < -0.4 is 5.32 Å². The number of hydrogen-bond donors (Lipinski definition) is 1. The summed E-state index contributed by atoms with van der Waals surface area (Å²) in [6.07, 6.45) is 4.15. The molecule has 0 bridgehead atoms. The van der Waals surface area contributed by atoms with Crippen molar-refractivity contribution < 1.29 is 0 Å². The summed E-state index contributed by atoms with van der Waals surface area (Å²) in [4.78, 5) is 5.26. The molecule has 4 atom stereocenters. The fourth-order valence-corrected chi connectivity index (χ4v) is 4.43. The highest BCUT2D eigenvalue weighted by molar-refractivity contribution is 5.27. The lowest BCUT2D eigenvalue weighted by Crippen LogP contribution is -2.56. The molecule has 3 nitrogen and oxygen atoms in total. The molecule has 3 aliphatic rings. The molecule has 1 heterocycles. The molecule has 3 heteroatoms. The predicted molar refractivity (Wildman–Crippen MR) is 100 cm³/mol. The molecule has 2 aliphatic carbocycles. The van der Waals surface area contributed by atoms with Crippen LogP contribution in [0.15, 0.2) is 30.3 Å². The van der Waals surface area contributed by atoms with Gasteiger partial charge < -0.3 is 10.2 Å². The first-order valence-corrected chi connectivity index (χ1v) is 9.79. The number of piperazine rings is 1. The van der Waals surface area contributed by atoms with Crippen LogP contribution in [0.25, 0.3) is 0 Å². The van der Waals surface area contributed by atoms with Gasteiger partial charge >= 0.3 is 0 Å². The third-order valence-corrected chi connectivity index (χ3v) is 6.68. The zero-order valence-corrected chi connectivity index (χ0v) is 15.5. The number of benzene rings is 1. The summed E-state index contributed by atoms with van der Waals surface area (Å²) < 4.78 is 0. The Labute approximate surface area is 147 Å². The van der Waals surface area contributed by atoms with E-state index >= 15 is 0 Å². The standard InChI is InChI=1S/C21H33N3/c1-16-13-24(17(2)12-23(16)3)15-21(9-10-21)14-22-20-11-19(20)18-7-5-4-6-8-18/h4-8,16-17,19-20,22H,9-15H2,1-3H3/t16-,17+,19-,20?/m1/s1. The Morgan fingerprint density at radius 2 is 1.83 bits per heavy atom. The second kappa shape index (κ2) is 6.44. The molecular formula is C21H33N3. The molecule has 3 fully saturated rings. The molecule has 1 aromatic carbocycles. The van der Waals surface area contributed by atoms with Crippen LogP contribution >= 0.6 is 0 Å². The van der Waals surface area contributed by atoms with Crippen LogP contribution in [0.4, 0.5) is 0 Å². The van der Waals surface area contributed by atoms with Crippen molar-refractivity contribution >= 4 is 0 Å². The Morgan fingerprint density at radius 1 is 1.08 bits per heavy atom. The number of likely N-dealkylation sites (N-methyl/N-ethyl adjacent to an activating group) is 1. The molecule has 1 unspecified atom stereocenters. The quantitative estimate of drug-likeness (QED) is 0.867. The van der Waals surface area contributed by atoms with Gasteiger partial charge in [-0.25, -0.2) is 0 Å². The Balaban J connectivity index is 1.27. The summed E-state index contributed by atoms with van der Waals surface area (Å²) in [7, 11) is 2.27. The van der Waals surface area contributed by atoms with E-state index in [1.54, 1.807) is 0 Å². The van der Waals surface area contributed by atoms with Crippen LogP contribution in [-0.2, 0) is 0 Å². The highest BCUT2D eigenvalue weighted by Gasteiger charge is 2.47. The summed E-state index contributed by atoms with van der Waals surface area (Å²) in [5, 5.41) is 3.90. The molecule has 0 amide bonds. The van der Waals surface area contributed by atoms with Gasteiger partial charge in [-0.2, -0.15) is 0 Å². The third-order valence-electron chi connectivity index (χ3n) is 6.68. The lowest BCUT2D eigenvalue weighted by molar-refractivity contribution is 0.0449. The number of nitrogens with zero attached hydrogens (tertiary/aromatic N) is 2. The summed E-state index contributed by atoms with van der Waals surface area (Å²) in [5.74, 6) is 0.754. The SMILES string of the molecule is C[C@@H]1CN(CC2(CNC3C[C@@H]3c3ccccc3)CC2)[C@@H](C)CN1C. The smallest absolute Gasteiger partial charge is 0.0195 e. The first kappa shape index (κ1) is 16.6. The van der Waals surface area contributed by atoms with E-state index in [0.717, 1.165) is 5.92 Å². The van der Waals surface area contributed by atoms with Gasteiger partial charge in [0.1, 0.15) is 0 Å². The minimum absolute atomic E-state index is 0.563. The Kier molecular flexibility index (Phi) is 4.44. The number of nitrogens with one attached hydrogen (secondary N) is 1. The zero-order chi connectivity index (χ0) is 16.7. The van der Waals surface area contributed by atoms with Crippen LogP contribution in [-0.4, -0.2) is 61.2 Å². The van der Waals surface area contributed by atoms with Gasteiger partial charge in [0, 0.05) is 50.2 Å². The highest BCUT2D eigenvalue weighted by atomic mass is 15.3. The van der Waals surface area contributed by atoms with Crippen LogP contribution in [0.5, 0.6) is 0 Å². The Morgan fingerprint density at radius 3 is 2.54 bits per heavy atom. The van der Waals surface area contributed by atoms with Gasteiger partial charge in [-0.3, -0.25) is 4.90 Å². The molecule has 1 aliphatic heterocycles. The zero-order valence-electron chi connectivity index (χ0n) is 15.5. The maximum absolute atomic E-state index is 3.90. The third kappa shape index (κ3) is 3.54. The largest absolute Gasteiger partial charge is 0.313 e.